The van der Waals surface area contributed by atoms with Crippen molar-refractivity contribution in [3.8, 4) is 0 Å². The van der Waals surface area contributed by atoms with E-state index in [0.717, 1.165) is 58.3 Å². The Hall–Kier alpha value is -1.10. The van der Waals surface area contributed by atoms with Gasteiger partial charge in [0.2, 0.25) is 11.8 Å². The summed E-state index contributed by atoms with van der Waals surface area (Å²) in [4.78, 5) is 33.1. The number of rotatable bonds is 7. The number of hydrogen-bond acceptors (Lipinski definition) is 3. The first-order chi connectivity index (χ1) is 13.9. The summed E-state index contributed by atoms with van der Waals surface area (Å²) >= 11 is 0. The van der Waals surface area contributed by atoms with Gasteiger partial charge in [-0.2, -0.15) is 0 Å². The van der Waals surface area contributed by atoms with Crippen LogP contribution in [0.4, 0.5) is 0 Å². The van der Waals surface area contributed by atoms with Crippen LogP contribution in [-0.2, 0) is 9.59 Å². The molecule has 2 aliphatic heterocycles. The van der Waals surface area contributed by atoms with Crippen LogP contribution >= 0.6 is 0 Å². The first-order valence-corrected chi connectivity index (χ1v) is 12.2. The Labute approximate surface area is 178 Å². The van der Waals surface area contributed by atoms with Crippen molar-refractivity contribution in [2.75, 3.05) is 39.3 Å². The van der Waals surface area contributed by atoms with Crippen molar-refractivity contribution in [3.05, 3.63) is 0 Å². The van der Waals surface area contributed by atoms with Crippen molar-refractivity contribution in [2.24, 2.45) is 11.3 Å². The monoisotopic (exact) mass is 405 g/mol. The minimum Gasteiger partial charge on any atom is -0.340 e. The smallest absolute Gasteiger partial charge is 0.228 e. The van der Waals surface area contributed by atoms with Gasteiger partial charge in [-0.25, -0.2) is 0 Å². The zero-order valence-electron chi connectivity index (χ0n) is 19.1. The number of amides is 2. The molecule has 2 amide bonds. The van der Waals surface area contributed by atoms with Crippen LogP contribution in [0, 0.1) is 11.3 Å². The summed E-state index contributed by atoms with van der Waals surface area (Å²) in [6, 6.07) is 0.188. The summed E-state index contributed by atoms with van der Waals surface area (Å²) in [6.45, 7) is 12.1. The third-order valence-corrected chi connectivity index (χ3v) is 7.45. The van der Waals surface area contributed by atoms with Crippen LogP contribution < -0.4 is 0 Å². The number of carbonyl (C=O) groups excluding carboxylic acids is 2. The Morgan fingerprint density at radius 2 is 1.69 bits per heavy atom. The van der Waals surface area contributed by atoms with Gasteiger partial charge in [-0.1, -0.05) is 40.0 Å². The Morgan fingerprint density at radius 3 is 2.34 bits per heavy atom. The molecule has 1 aliphatic carbocycles. The second kappa shape index (κ2) is 10.3. The van der Waals surface area contributed by atoms with Crippen molar-refractivity contribution < 1.29 is 9.59 Å². The van der Waals surface area contributed by atoms with Crippen LogP contribution in [0.25, 0.3) is 0 Å². The fourth-order valence-corrected chi connectivity index (χ4v) is 5.60. The van der Waals surface area contributed by atoms with Gasteiger partial charge >= 0.3 is 0 Å². The third kappa shape index (κ3) is 5.74. The molecule has 2 saturated heterocycles. The molecule has 3 rings (SSSR count). The van der Waals surface area contributed by atoms with Crippen molar-refractivity contribution in [3.63, 3.8) is 0 Å². The maximum absolute atomic E-state index is 13.4. The maximum Gasteiger partial charge on any atom is 0.228 e. The molecule has 166 valence electrons. The normalized spacial score (nSPS) is 25.4. The van der Waals surface area contributed by atoms with Crippen molar-refractivity contribution in [1.82, 2.24) is 14.7 Å². The minimum absolute atomic E-state index is 0.0173. The standard InChI is InChI=1S/C24H43N3O2/c1-20(2)22(28)27(18-10-16-25-14-7-8-15-25)21-11-9-17-26(19-21)23(29)24(3)12-5-4-6-13-24/h20-21H,4-19H2,1-3H3. The van der Waals surface area contributed by atoms with Crippen molar-refractivity contribution in [2.45, 2.75) is 91.0 Å². The topological polar surface area (TPSA) is 43.9 Å². The van der Waals surface area contributed by atoms with Gasteiger partial charge in [-0.15, -0.1) is 0 Å². The molecule has 0 aromatic carbocycles. The predicted molar refractivity (Wildman–Crippen MR) is 118 cm³/mol. The largest absolute Gasteiger partial charge is 0.340 e. The molecule has 3 aliphatic rings. The number of nitrogens with zero attached hydrogens (tertiary/aromatic N) is 3. The van der Waals surface area contributed by atoms with Gasteiger partial charge < -0.3 is 14.7 Å². The molecule has 3 fully saturated rings. The lowest BCUT2D eigenvalue weighted by Crippen LogP contribution is -2.55. The molecule has 1 atom stereocenters. The highest BCUT2D eigenvalue weighted by molar-refractivity contribution is 5.83. The van der Waals surface area contributed by atoms with Crippen LogP contribution in [0.3, 0.4) is 0 Å². The fraction of sp³-hybridized carbons (Fsp3) is 0.917. The predicted octanol–water partition coefficient (Wildman–Crippen LogP) is 3.92. The average Bonchev–Trinajstić information content (AvgIpc) is 3.24. The summed E-state index contributed by atoms with van der Waals surface area (Å²) in [7, 11) is 0. The molecule has 0 bridgehead atoms. The Kier molecular flexibility index (Phi) is 8.00. The molecule has 0 spiro atoms. The van der Waals surface area contributed by atoms with Gasteiger partial charge in [0, 0.05) is 37.0 Å². The van der Waals surface area contributed by atoms with Gasteiger partial charge in [-0.05, 0) is 64.6 Å². The molecule has 5 nitrogen and oxygen atoms in total. The van der Waals surface area contributed by atoms with Crippen LogP contribution in [0.1, 0.15) is 85.0 Å². The Morgan fingerprint density at radius 1 is 1.00 bits per heavy atom. The lowest BCUT2D eigenvalue weighted by Gasteiger charge is -2.44. The number of piperidine rings is 1. The van der Waals surface area contributed by atoms with Gasteiger partial charge in [-0.3, -0.25) is 9.59 Å². The zero-order chi connectivity index (χ0) is 20.9. The Balaban J connectivity index is 1.61. The highest BCUT2D eigenvalue weighted by Gasteiger charge is 2.40. The first-order valence-electron chi connectivity index (χ1n) is 12.2. The highest BCUT2D eigenvalue weighted by Crippen LogP contribution is 2.38. The van der Waals surface area contributed by atoms with Crippen molar-refractivity contribution >= 4 is 11.8 Å². The van der Waals surface area contributed by atoms with E-state index in [-0.39, 0.29) is 23.3 Å². The molecule has 5 heteroatoms. The van der Waals surface area contributed by atoms with Crippen LogP contribution in [-0.4, -0.2) is 71.8 Å². The quantitative estimate of drug-likeness (QED) is 0.645. The van der Waals surface area contributed by atoms with Crippen molar-refractivity contribution in [1.29, 1.82) is 0 Å². The molecule has 1 saturated carbocycles. The zero-order valence-corrected chi connectivity index (χ0v) is 19.1. The minimum atomic E-state index is -0.178. The van der Waals surface area contributed by atoms with Gasteiger partial charge in [0.1, 0.15) is 0 Å². The van der Waals surface area contributed by atoms with E-state index in [1.54, 1.807) is 0 Å². The molecule has 29 heavy (non-hydrogen) atoms. The van der Waals surface area contributed by atoms with Crippen LogP contribution in [0.5, 0.6) is 0 Å². The molecular formula is C24H43N3O2. The summed E-state index contributed by atoms with van der Waals surface area (Å²) < 4.78 is 0. The molecular weight excluding hydrogens is 362 g/mol. The lowest BCUT2D eigenvalue weighted by molar-refractivity contribution is -0.148. The van der Waals surface area contributed by atoms with E-state index in [2.05, 4.69) is 21.6 Å². The number of likely N-dealkylation sites (tertiary alicyclic amines) is 2. The number of hydrogen-bond donors (Lipinski definition) is 0. The highest BCUT2D eigenvalue weighted by atomic mass is 16.2. The lowest BCUT2D eigenvalue weighted by atomic mass is 9.74. The Bertz CT molecular complexity index is 550. The molecule has 0 aromatic heterocycles. The van der Waals surface area contributed by atoms with E-state index in [1.807, 2.05) is 13.8 Å². The molecule has 2 heterocycles. The average molecular weight is 406 g/mol. The summed E-state index contributed by atoms with van der Waals surface area (Å²) in [5, 5.41) is 0. The molecule has 0 aromatic rings. The summed E-state index contributed by atoms with van der Waals surface area (Å²) in [5.41, 5.74) is -0.178. The van der Waals surface area contributed by atoms with Gasteiger partial charge in [0.05, 0.1) is 0 Å². The fourth-order valence-electron chi connectivity index (χ4n) is 5.60. The first kappa shape index (κ1) is 22.6. The summed E-state index contributed by atoms with van der Waals surface area (Å²) in [6.07, 6.45) is 11.4. The van der Waals surface area contributed by atoms with Gasteiger partial charge in [0.25, 0.3) is 0 Å². The van der Waals surface area contributed by atoms with Crippen LogP contribution in [0.15, 0.2) is 0 Å². The molecule has 0 N–H and O–H groups in total. The number of carbonyl (C=O) groups is 2. The maximum atomic E-state index is 13.4. The molecule has 1 unspecified atom stereocenters. The second-order valence-electron chi connectivity index (χ2n) is 10.3. The van der Waals surface area contributed by atoms with Gasteiger partial charge in [0.15, 0.2) is 0 Å². The summed E-state index contributed by atoms with van der Waals surface area (Å²) in [5.74, 6) is 0.620. The van der Waals surface area contributed by atoms with E-state index in [0.29, 0.717) is 5.91 Å². The van der Waals surface area contributed by atoms with E-state index >= 15 is 0 Å². The SMILES string of the molecule is CC(C)C(=O)N(CCCN1CCCC1)C1CCCN(C(=O)C2(C)CCCCC2)C1. The second-order valence-corrected chi connectivity index (χ2v) is 10.3. The van der Waals surface area contributed by atoms with Crippen LogP contribution in [0.2, 0.25) is 0 Å². The van der Waals surface area contributed by atoms with E-state index < -0.39 is 0 Å². The van der Waals surface area contributed by atoms with E-state index in [1.165, 1.54) is 45.2 Å². The van der Waals surface area contributed by atoms with E-state index in [4.69, 9.17) is 0 Å². The molecule has 0 radical (unpaired) electrons. The third-order valence-electron chi connectivity index (χ3n) is 7.45. The van der Waals surface area contributed by atoms with E-state index in [9.17, 15) is 9.59 Å².